The summed E-state index contributed by atoms with van der Waals surface area (Å²) in [7, 11) is 0. The molecule has 2 atom stereocenters. The highest BCUT2D eigenvalue weighted by molar-refractivity contribution is 5.56. The van der Waals surface area contributed by atoms with E-state index in [2.05, 4.69) is 11.0 Å². The fraction of sp³-hybridized carbons (Fsp3) is 0.368. The zero-order chi connectivity index (χ0) is 16.5. The molecule has 4 aliphatic heterocycles. The van der Waals surface area contributed by atoms with Gasteiger partial charge in [0.15, 0.2) is 23.0 Å². The third-order valence-electron chi connectivity index (χ3n) is 5.67. The van der Waals surface area contributed by atoms with Crippen molar-refractivity contribution < 1.29 is 24.1 Å². The summed E-state index contributed by atoms with van der Waals surface area (Å²) in [6, 6.07) is 7.88. The van der Waals surface area contributed by atoms with Crippen LogP contribution in [0, 0.1) is 0 Å². The molecule has 0 amide bonds. The molecule has 0 spiro atoms. The van der Waals surface area contributed by atoms with Crippen LogP contribution < -0.4 is 18.9 Å². The Morgan fingerprint density at radius 2 is 1.72 bits per heavy atom. The van der Waals surface area contributed by atoms with E-state index in [-0.39, 0.29) is 19.6 Å². The van der Waals surface area contributed by atoms with Crippen LogP contribution in [0.5, 0.6) is 23.0 Å². The number of fused-ring (bicyclic) bond motifs is 7. The summed E-state index contributed by atoms with van der Waals surface area (Å²) < 4.78 is 22.2. The molecular weight excluding hydrogens is 322 g/mol. The Balaban J connectivity index is 1.49. The molecule has 4 heterocycles. The minimum absolute atomic E-state index is 0.0777. The number of aliphatic hydroxyl groups is 1. The van der Waals surface area contributed by atoms with Crippen molar-refractivity contribution in [1.29, 1.82) is 0 Å². The maximum atomic E-state index is 11.2. The van der Waals surface area contributed by atoms with Gasteiger partial charge in [-0.3, -0.25) is 4.90 Å². The Morgan fingerprint density at radius 3 is 2.64 bits per heavy atom. The standard InChI is InChI=1S/C19H17NO5/c21-18-11-1-2-14-19(25-9-22-14)13(11)7-20-4-3-10-5-15-16(24-8-23-15)6-12(10)17(18)20/h1-2,5-6,17-18,21H,3-4,7-9H2. The number of hydrogen-bond acceptors (Lipinski definition) is 6. The molecule has 4 aliphatic rings. The first-order valence-corrected chi connectivity index (χ1v) is 8.55. The topological polar surface area (TPSA) is 60.4 Å². The number of benzene rings is 2. The lowest BCUT2D eigenvalue weighted by Gasteiger charge is -2.44. The van der Waals surface area contributed by atoms with Crippen molar-refractivity contribution in [1.82, 2.24) is 4.90 Å². The van der Waals surface area contributed by atoms with E-state index in [1.54, 1.807) is 0 Å². The van der Waals surface area contributed by atoms with E-state index in [0.29, 0.717) is 0 Å². The molecule has 0 aromatic heterocycles. The highest BCUT2D eigenvalue weighted by Gasteiger charge is 2.41. The predicted octanol–water partition coefficient (Wildman–Crippen LogP) is 2.29. The van der Waals surface area contributed by atoms with Crippen LogP contribution in [0.15, 0.2) is 24.3 Å². The molecule has 6 heteroatoms. The molecule has 0 aliphatic carbocycles. The van der Waals surface area contributed by atoms with Gasteiger partial charge < -0.3 is 24.1 Å². The van der Waals surface area contributed by atoms with E-state index < -0.39 is 6.10 Å². The molecular formula is C19H17NO5. The summed E-state index contributed by atoms with van der Waals surface area (Å²) in [6.45, 7) is 2.15. The number of nitrogens with zero attached hydrogens (tertiary/aromatic N) is 1. The first-order valence-electron chi connectivity index (χ1n) is 8.55. The molecule has 2 aromatic rings. The largest absolute Gasteiger partial charge is 0.454 e. The van der Waals surface area contributed by atoms with E-state index in [0.717, 1.165) is 59.2 Å². The number of rotatable bonds is 0. The van der Waals surface area contributed by atoms with Crippen LogP contribution in [0.25, 0.3) is 0 Å². The summed E-state index contributed by atoms with van der Waals surface area (Å²) in [4.78, 5) is 2.32. The second kappa shape index (κ2) is 4.80. The van der Waals surface area contributed by atoms with Gasteiger partial charge in [-0.15, -0.1) is 0 Å². The number of ether oxygens (including phenoxy) is 4. The van der Waals surface area contributed by atoms with Crippen molar-refractivity contribution in [2.24, 2.45) is 0 Å². The fourth-order valence-electron chi connectivity index (χ4n) is 4.50. The van der Waals surface area contributed by atoms with Gasteiger partial charge in [0.2, 0.25) is 13.6 Å². The Labute approximate surface area is 144 Å². The third-order valence-corrected chi connectivity index (χ3v) is 5.67. The SMILES string of the molecule is OC1c2ccc3c(c2CN2CCc4cc5c(cc4C12)OCO5)OCO3. The minimum Gasteiger partial charge on any atom is -0.454 e. The molecule has 25 heavy (non-hydrogen) atoms. The summed E-state index contributed by atoms with van der Waals surface area (Å²) in [5.74, 6) is 3.13. The normalized spacial score (nSPS) is 25.3. The first-order chi connectivity index (χ1) is 12.3. The van der Waals surface area contributed by atoms with E-state index in [1.807, 2.05) is 18.2 Å². The van der Waals surface area contributed by atoms with Crippen LogP contribution in [0.3, 0.4) is 0 Å². The van der Waals surface area contributed by atoms with Gasteiger partial charge in [-0.05, 0) is 41.3 Å². The summed E-state index contributed by atoms with van der Waals surface area (Å²) >= 11 is 0. The van der Waals surface area contributed by atoms with Gasteiger partial charge >= 0.3 is 0 Å². The quantitative estimate of drug-likeness (QED) is 0.795. The van der Waals surface area contributed by atoms with Gasteiger partial charge in [-0.25, -0.2) is 0 Å². The lowest BCUT2D eigenvalue weighted by molar-refractivity contribution is 0.0196. The summed E-state index contributed by atoms with van der Waals surface area (Å²) in [5.41, 5.74) is 4.33. The average Bonchev–Trinajstić information content (AvgIpc) is 3.28. The zero-order valence-corrected chi connectivity index (χ0v) is 13.5. The highest BCUT2D eigenvalue weighted by Crippen LogP contribution is 2.51. The monoisotopic (exact) mass is 339 g/mol. The van der Waals surface area contributed by atoms with Crippen LogP contribution in [-0.4, -0.2) is 30.1 Å². The number of hydrogen-bond donors (Lipinski definition) is 1. The molecule has 0 fully saturated rings. The van der Waals surface area contributed by atoms with Crippen LogP contribution in [0.1, 0.15) is 34.4 Å². The maximum absolute atomic E-state index is 11.2. The van der Waals surface area contributed by atoms with Crippen molar-refractivity contribution in [2.45, 2.75) is 25.1 Å². The molecule has 0 saturated carbocycles. The molecule has 1 N–H and O–H groups in total. The molecule has 6 nitrogen and oxygen atoms in total. The van der Waals surface area contributed by atoms with E-state index in [9.17, 15) is 5.11 Å². The van der Waals surface area contributed by atoms with Crippen molar-refractivity contribution in [2.75, 3.05) is 20.1 Å². The van der Waals surface area contributed by atoms with Gasteiger partial charge in [-0.1, -0.05) is 6.07 Å². The maximum Gasteiger partial charge on any atom is 0.231 e. The second-order valence-corrected chi connectivity index (χ2v) is 6.88. The van der Waals surface area contributed by atoms with Crippen molar-refractivity contribution in [3.05, 3.63) is 46.5 Å². The first kappa shape index (κ1) is 13.8. The van der Waals surface area contributed by atoms with Gasteiger partial charge in [0.1, 0.15) is 0 Å². The second-order valence-electron chi connectivity index (χ2n) is 6.88. The minimum atomic E-state index is -0.613. The third kappa shape index (κ3) is 1.81. The van der Waals surface area contributed by atoms with E-state index in [4.69, 9.17) is 18.9 Å². The van der Waals surface area contributed by atoms with Crippen LogP contribution in [0.2, 0.25) is 0 Å². The molecule has 0 bridgehead atoms. The lowest BCUT2D eigenvalue weighted by atomic mass is 9.81. The molecule has 128 valence electrons. The predicted molar refractivity (Wildman–Crippen MR) is 86.9 cm³/mol. The van der Waals surface area contributed by atoms with Gasteiger partial charge in [0.05, 0.1) is 12.1 Å². The Hall–Kier alpha value is -2.44. The average molecular weight is 339 g/mol. The Morgan fingerprint density at radius 1 is 0.920 bits per heavy atom. The number of aliphatic hydroxyl groups excluding tert-OH is 1. The van der Waals surface area contributed by atoms with Gasteiger partial charge in [0, 0.05) is 18.7 Å². The highest BCUT2D eigenvalue weighted by atomic mass is 16.7. The Bertz CT molecular complexity index is 896. The van der Waals surface area contributed by atoms with Crippen molar-refractivity contribution in [3.63, 3.8) is 0 Å². The zero-order valence-electron chi connectivity index (χ0n) is 13.5. The van der Waals surface area contributed by atoms with E-state index >= 15 is 0 Å². The van der Waals surface area contributed by atoms with Crippen LogP contribution in [0.4, 0.5) is 0 Å². The fourth-order valence-corrected chi connectivity index (χ4v) is 4.50. The van der Waals surface area contributed by atoms with Gasteiger partial charge in [-0.2, -0.15) is 0 Å². The summed E-state index contributed by atoms with van der Waals surface area (Å²) in [6.07, 6.45) is 0.314. The van der Waals surface area contributed by atoms with Crippen LogP contribution in [-0.2, 0) is 13.0 Å². The summed E-state index contributed by atoms with van der Waals surface area (Å²) in [5, 5.41) is 11.2. The van der Waals surface area contributed by atoms with E-state index in [1.165, 1.54) is 5.56 Å². The lowest BCUT2D eigenvalue weighted by Crippen LogP contribution is -2.41. The molecule has 2 unspecified atom stereocenters. The molecule has 6 rings (SSSR count). The molecule has 0 saturated heterocycles. The molecule has 2 aromatic carbocycles. The van der Waals surface area contributed by atoms with Crippen molar-refractivity contribution in [3.8, 4) is 23.0 Å². The Kier molecular flexibility index (Phi) is 2.65. The van der Waals surface area contributed by atoms with Crippen molar-refractivity contribution >= 4 is 0 Å². The smallest absolute Gasteiger partial charge is 0.231 e. The molecule has 0 radical (unpaired) electrons. The van der Waals surface area contributed by atoms with Crippen LogP contribution >= 0.6 is 0 Å². The van der Waals surface area contributed by atoms with Gasteiger partial charge in [0.25, 0.3) is 0 Å².